The molecular weight excluding hydrogens is 278 g/mol. The fraction of sp³-hybridized carbons (Fsp3) is 0.167. The minimum absolute atomic E-state index is 0.167. The first-order chi connectivity index (χ1) is 9.74. The molecule has 1 aromatic carbocycles. The Bertz CT molecular complexity index is 637. The van der Waals surface area contributed by atoms with Crippen LogP contribution < -0.4 is 26.5 Å². The summed E-state index contributed by atoms with van der Waals surface area (Å²) in [5, 5.41) is 0.696. The normalized spacial score (nSPS) is 13.1. The molecule has 5 N–H and O–H groups in total. The lowest BCUT2D eigenvalue weighted by molar-refractivity contribution is 0.171. The maximum atomic E-state index is 5.62. The third kappa shape index (κ3) is 2.70. The minimum atomic E-state index is 0.167. The van der Waals surface area contributed by atoms with Gasteiger partial charge in [-0.05, 0) is 18.2 Å². The molecular formula is C12H13N5O2S. The highest BCUT2D eigenvalue weighted by Crippen LogP contribution is 2.36. The van der Waals surface area contributed by atoms with E-state index < -0.39 is 0 Å². The Morgan fingerprint density at radius 3 is 2.70 bits per heavy atom. The average Bonchev–Trinajstić information content (AvgIpc) is 2.46. The van der Waals surface area contributed by atoms with Gasteiger partial charge in [-0.15, -0.1) is 0 Å². The van der Waals surface area contributed by atoms with Crippen LogP contribution in [0.15, 0.2) is 34.2 Å². The van der Waals surface area contributed by atoms with Crippen LogP contribution in [0.25, 0.3) is 0 Å². The Morgan fingerprint density at radius 2 is 1.90 bits per heavy atom. The van der Waals surface area contributed by atoms with Crippen molar-refractivity contribution in [2.24, 2.45) is 5.84 Å². The summed E-state index contributed by atoms with van der Waals surface area (Å²) in [5.41, 5.74) is 8.08. The molecule has 0 saturated carbocycles. The lowest BCUT2D eigenvalue weighted by Crippen LogP contribution is -2.15. The molecule has 0 bridgehead atoms. The van der Waals surface area contributed by atoms with Crippen molar-refractivity contribution < 1.29 is 9.47 Å². The van der Waals surface area contributed by atoms with E-state index in [9.17, 15) is 0 Å². The molecule has 1 aromatic heterocycles. The van der Waals surface area contributed by atoms with Crippen molar-refractivity contribution in [2.45, 2.75) is 9.92 Å². The van der Waals surface area contributed by atoms with Crippen molar-refractivity contribution in [3.8, 4) is 11.5 Å². The molecule has 0 radical (unpaired) electrons. The van der Waals surface area contributed by atoms with Crippen LogP contribution in [-0.4, -0.2) is 23.2 Å². The molecule has 20 heavy (non-hydrogen) atoms. The van der Waals surface area contributed by atoms with Gasteiger partial charge in [-0.3, -0.25) is 0 Å². The Hall–Kier alpha value is -2.19. The summed E-state index contributed by atoms with van der Waals surface area (Å²) in [4.78, 5) is 9.06. The molecule has 0 fully saturated rings. The zero-order valence-corrected chi connectivity index (χ0v) is 11.3. The number of nitrogens with zero attached hydrogens (tertiary/aromatic N) is 2. The lowest BCUT2D eigenvalue weighted by atomic mass is 10.3. The number of aromatic nitrogens is 2. The number of ether oxygens (including phenoxy) is 2. The van der Waals surface area contributed by atoms with Crippen molar-refractivity contribution in [2.75, 3.05) is 24.4 Å². The highest BCUT2D eigenvalue weighted by atomic mass is 32.2. The second-order valence-electron chi connectivity index (χ2n) is 4.00. The molecule has 0 saturated heterocycles. The van der Waals surface area contributed by atoms with Crippen LogP contribution in [0.5, 0.6) is 11.5 Å². The standard InChI is InChI=1S/C12H13N5O2S/c13-12-15-10(17-14)6-11(16-12)20-7-1-2-8-9(5-7)19-4-3-18-8/h1-2,5-6H,3-4,14H2,(H3,13,15,16,17). The number of hydrazine groups is 1. The fourth-order valence-electron chi connectivity index (χ4n) is 1.78. The topological polar surface area (TPSA) is 108 Å². The monoisotopic (exact) mass is 291 g/mol. The number of anilines is 2. The van der Waals surface area contributed by atoms with Crippen molar-refractivity contribution in [1.82, 2.24) is 9.97 Å². The number of nitrogens with one attached hydrogen (secondary N) is 1. The molecule has 2 heterocycles. The molecule has 8 heteroatoms. The smallest absolute Gasteiger partial charge is 0.223 e. The van der Waals surface area contributed by atoms with E-state index >= 15 is 0 Å². The zero-order valence-electron chi connectivity index (χ0n) is 10.5. The molecule has 0 amide bonds. The van der Waals surface area contributed by atoms with Crippen LogP contribution in [-0.2, 0) is 0 Å². The third-order valence-corrected chi connectivity index (χ3v) is 3.51. The number of fused-ring (bicyclic) bond motifs is 1. The van der Waals surface area contributed by atoms with Crippen molar-refractivity contribution in [1.29, 1.82) is 0 Å². The molecule has 0 unspecified atom stereocenters. The first kappa shape index (κ1) is 12.8. The van der Waals surface area contributed by atoms with Gasteiger partial charge in [0.2, 0.25) is 5.95 Å². The number of rotatable bonds is 3. The van der Waals surface area contributed by atoms with E-state index in [-0.39, 0.29) is 5.95 Å². The molecule has 0 spiro atoms. The zero-order chi connectivity index (χ0) is 13.9. The van der Waals surface area contributed by atoms with Gasteiger partial charge >= 0.3 is 0 Å². The summed E-state index contributed by atoms with van der Waals surface area (Å²) >= 11 is 1.44. The highest BCUT2D eigenvalue weighted by Gasteiger charge is 2.13. The summed E-state index contributed by atoms with van der Waals surface area (Å²) in [6.07, 6.45) is 0. The largest absolute Gasteiger partial charge is 0.486 e. The van der Waals surface area contributed by atoms with E-state index in [2.05, 4.69) is 15.4 Å². The molecule has 1 aliphatic rings. The molecule has 3 rings (SSSR count). The van der Waals surface area contributed by atoms with E-state index in [0.717, 1.165) is 16.4 Å². The second kappa shape index (κ2) is 5.43. The minimum Gasteiger partial charge on any atom is -0.486 e. The summed E-state index contributed by atoms with van der Waals surface area (Å²) < 4.78 is 11.0. The van der Waals surface area contributed by atoms with E-state index in [1.165, 1.54) is 11.8 Å². The Labute approximate surface area is 119 Å². The van der Waals surface area contributed by atoms with Crippen LogP contribution in [0.1, 0.15) is 0 Å². The Kier molecular flexibility index (Phi) is 3.48. The van der Waals surface area contributed by atoms with Gasteiger partial charge in [0.25, 0.3) is 0 Å². The number of nitrogens with two attached hydrogens (primary N) is 2. The number of hydrogen-bond donors (Lipinski definition) is 3. The second-order valence-corrected chi connectivity index (χ2v) is 5.10. The Morgan fingerprint density at radius 1 is 1.10 bits per heavy atom. The lowest BCUT2D eigenvalue weighted by Gasteiger charge is -2.18. The van der Waals surface area contributed by atoms with Crippen LogP contribution in [0.2, 0.25) is 0 Å². The van der Waals surface area contributed by atoms with Crippen LogP contribution in [0.4, 0.5) is 11.8 Å². The summed E-state index contributed by atoms with van der Waals surface area (Å²) in [6, 6.07) is 7.44. The molecule has 0 aliphatic carbocycles. The van der Waals surface area contributed by atoms with Gasteiger partial charge in [-0.25, -0.2) is 10.8 Å². The van der Waals surface area contributed by atoms with E-state index in [4.69, 9.17) is 21.1 Å². The quantitative estimate of drug-likeness (QED) is 0.441. The predicted molar refractivity (Wildman–Crippen MR) is 75.8 cm³/mol. The summed E-state index contributed by atoms with van der Waals surface area (Å²) in [5.74, 6) is 7.46. The molecule has 104 valence electrons. The van der Waals surface area contributed by atoms with Crippen LogP contribution in [0.3, 0.4) is 0 Å². The molecule has 0 atom stereocenters. The molecule has 2 aromatic rings. The van der Waals surface area contributed by atoms with Gasteiger partial charge in [0.05, 0.1) is 0 Å². The first-order valence-corrected chi connectivity index (χ1v) is 6.75. The Balaban J connectivity index is 1.85. The summed E-state index contributed by atoms with van der Waals surface area (Å²) in [7, 11) is 0. The van der Waals surface area contributed by atoms with E-state index in [1.807, 2.05) is 18.2 Å². The highest BCUT2D eigenvalue weighted by molar-refractivity contribution is 7.99. The fourth-order valence-corrected chi connectivity index (χ4v) is 2.63. The molecule has 1 aliphatic heterocycles. The van der Waals surface area contributed by atoms with Gasteiger partial charge in [0, 0.05) is 11.0 Å². The van der Waals surface area contributed by atoms with Crippen LogP contribution in [0, 0.1) is 0 Å². The van der Waals surface area contributed by atoms with Gasteiger partial charge in [0.15, 0.2) is 11.5 Å². The van der Waals surface area contributed by atoms with Gasteiger partial charge in [-0.1, -0.05) is 11.8 Å². The van der Waals surface area contributed by atoms with E-state index in [0.29, 0.717) is 24.1 Å². The first-order valence-electron chi connectivity index (χ1n) is 5.93. The maximum absolute atomic E-state index is 5.62. The third-order valence-electron chi connectivity index (χ3n) is 2.60. The van der Waals surface area contributed by atoms with E-state index in [1.54, 1.807) is 6.07 Å². The average molecular weight is 291 g/mol. The number of nitrogen functional groups attached to an aromatic ring is 2. The van der Waals surface area contributed by atoms with Gasteiger partial charge in [-0.2, -0.15) is 4.98 Å². The van der Waals surface area contributed by atoms with Crippen molar-refractivity contribution in [3.05, 3.63) is 24.3 Å². The SMILES string of the molecule is NNc1cc(Sc2ccc3c(c2)OCCO3)nc(N)n1. The summed E-state index contributed by atoms with van der Waals surface area (Å²) in [6.45, 7) is 1.14. The molecule has 7 nitrogen and oxygen atoms in total. The van der Waals surface area contributed by atoms with Gasteiger partial charge in [0.1, 0.15) is 24.1 Å². The van der Waals surface area contributed by atoms with Gasteiger partial charge < -0.3 is 20.6 Å². The van der Waals surface area contributed by atoms with Crippen molar-refractivity contribution in [3.63, 3.8) is 0 Å². The number of hydrogen-bond acceptors (Lipinski definition) is 8. The number of benzene rings is 1. The van der Waals surface area contributed by atoms with Crippen molar-refractivity contribution >= 4 is 23.5 Å². The van der Waals surface area contributed by atoms with Crippen LogP contribution >= 0.6 is 11.8 Å². The predicted octanol–water partition coefficient (Wildman–Crippen LogP) is 1.27. The maximum Gasteiger partial charge on any atom is 0.223 e.